The zero-order valence-corrected chi connectivity index (χ0v) is 12.6. The molecule has 1 N–H and O–H groups in total. The minimum Gasteiger partial charge on any atom is -0.364 e. The number of halogens is 2. The Kier molecular flexibility index (Phi) is 4.16. The van der Waals surface area contributed by atoms with Gasteiger partial charge < -0.3 is 15.2 Å². The fraction of sp³-hybridized carbons (Fsp3) is 0.583. The van der Waals surface area contributed by atoms with E-state index in [4.69, 9.17) is 0 Å². The van der Waals surface area contributed by atoms with Crippen LogP contribution in [0.25, 0.3) is 0 Å². The summed E-state index contributed by atoms with van der Waals surface area (Å²) in [6.45, 7) is 4.23. The van der Waals surface area contributed by atoms with Crippen molar-refractivity contribution in [2.75, 3.05) is 0 Å². The average molecular weight is 331 g/mol. The van der Waals surface area contributed by atoms with E-state index < -0.39 is 41.3 Å². The van der Waals surface area contributed by atoms with Crippen molar-refractivity contribution in [1.82, 2.24) is 14.8 Å². The molecule has 1 aromatic rings. The monoisotopic (exact) mass is 331 g/mol. The second kappa shape index (κ2) is 5.65. The second-order valence-electron chi connectivity index (χ2n) is 5.36. The van der Waals surface area contributed by atoms with Crippen LogP contribution < -0.4 is 0 Å². The molecule has 0 fully saturated rings. The van der Waals surface area contributed by atoms with Gasteiger partial charge in [0.1, 0.15) is 0 Å². The third-order valence-electron chi connectivity index (χ3n) is 3.53. The molecule has 9 nitrogen and oxygen atoms in total. The molecule has 0 aromatic carbocycles. The quantitative estimate of drug-likeness (QED) is 0.658. The number of hydrogen-bond acceptors (Lipinski definition) is 6. The number of carbonyl (C=O) groups excluding carboxylic acids is 1. The van der Waals surface area contributed by atoms with E-state index in [0.717, 1.165) is 10.7 Å². The van der Waals surface area contributed by atoms with Crippen molar-refractivity contribution >= 4 is 17.4 Å². The van der Waals surface area contributed by atoms with Crippen LogP contribution in [0.1, 0.15) is 32.0 Å². The molecule has 1 aliphatic rings. The van der Waals surface area contributed by atoms with E-state index in [1.54, 1.807) is 0 Å². The highest BCUT2D eigenvalue weighted by atomic mass is 19.3. The Morgan fingerprint density at radius 2 is 2.13 bits per heavy atom. The number of aromatic nitrogens is 2. The number of nitro groups is 1. The highest BCUT2D eigenvalue weighted by Gasteiger charge is 2.52. The number of carbonyl (C=O) groups is 1. The Morgan fingerprint density at radius 3 is 2.61 bits per heavy atom. The standard InChI is InChI=1S/C12H15F2N5O4/c1-6-5-12(21,11(13)14)18(15-6)10(20)8(3)17-7(2)4-9(16-17)19(22)23/h4,8,11,21H,5H2,1-3H3/t8-,12+/m1/s1. The lowest BCUT2D eigenvalue weighted by Crippen LogP contribution is -2.53. The molecule has 2 rings (SSSR count). The van der Waals surface area contributed by atoms with Crippen LogP contribution in [0.5, 0.6) is 0 Å². The average Bonchev–Trinajstić information content (AvgIpc) is 2.98. The van der Waals surface area contributed by atoms with Gasteiger partial charge in [-0.05, 0) is 25.7 Å². The molecule has 0 aliphatic carbocycles. The molecule has 0 bridgehead atoms. The van der Waals surface area contributed by atoms with Gasteiger partial charge in [0.25, 0.3) is 12.3 Å². The first-order valence-electron chi connectivity index (χ1n) is 6.67. The number of rotatable bonds is 4. The van der Waals surface area contributed by atoms with Gasteiger partial charge in [-0.2, -0.15) is 14.8 Å². The van der Waals surface area contributed by atoms with Gasteiger partial charge in [-0.15, -0.1) is 0 Å². The van der Waals surface area contributed by atoms with E-state index >= 15 is 0 Å². The molecule has 1 amide bonds. The van der Waals surface area contributed by atoms with Gasteiger partial charge in [0.2, 0.25) is 5.72 Å². The molecule has 0 unspecified atom stereocenters. The topological polar surface area (TPSA) is 114 Å². The van der Waals surface area contributed by atoms with Crippen molar-refractivity contribution in [2.24, 2.45) is 5.10 Å². The number of alkyl halides is 2. The smallest absolute Gasteiger partial charge is 0.364 e. The molecule has 1 aromatic heterocycles. The molecule has 2 atom stereocenters. The summed E-state index contributed by atoms with van der Waals surface area (Å²) in [7, 11) is 0. The Bertz CT molecular complexity index is 689. The van der Waals surface area contributed by atoms with E-state index in [2.05, 4.69) is 10.2 Å². The van der Waals surface area contributed by atoms with Gasteiger partial charge in [-0.25, -0.2) is 8.78 Å². The maximum atomic E-state index is 13.1. The van der Waals surface area contributed by atoms with Gasteiger partial charge in [-0.1, -0.05) is 0 Å². The zero-order chi connectivity index (χ0) is 17.5. The van der Waals surface area contributed by atoms with Gasteiger partial charge >= 0.3 is 5.82 Å². The highest BCUT2D eigenvalue weighted by molar-refractivity contribution is 5.90. The van der Waals surface area contributed by atoms with E-state index in [9.17, 15) is 28.8 Å². The third-order valence-corrected chi connectivity index (χ3v) is 3.53. The molecule has 0 radical (unpaired) electrons. The summed E-state index contributed by atoms with van der Waals surface area (Å²) in [4.78, 5) is 22.4. The molecular weight excluding hydrogens is 316 g/mol. The predicted octanol–water partition coefficient (Wildman–Crippen LogP) is 1.22. The van der Waals surface area contributed by atoms with Crippen LogP contribution in [0.2, 0.25) is 0 Å². The third kappa shape index (κ3) is 2.79. The maximum Gasteiger partial charge on any atom is 0.390 e. The van der Waals surface area contributed by atoms with Crippen molar-refractivity contribution in [2.45, 2.75) is 45.4 Å². The van der Waals surface area contributed by atoms with E-state index in [0.29, 0.717) is 10.7 Å². The van der Waals surface area contributed by atoms with Crippen LogP contribution in [0.3, 0.4) is 0 Å². The number of hydrogen-bond donors (Lipinski definition) is 1. The summed E-state index contributed by atoms with van der Waals surface area (Å²) < 4.78 is 27.3. The van der Waals surface area contributed by atoms with E-state index in [1.807, 2.05) is 0 Å². The van der Waals surface area contributed by atoms with Crippen LogP contribution in [0.4, 0.5) is 14.6 Å². The number of nitrogens with zero attached hydrogens (tertiary/aromatic N) is 5. The molecule has 0 saturated carbocycles. The summed E-state index contributed by atoms with van der Waals surface area (Å²) in [5, 5.41) is 28.4. The van der Waals surface area contributed by atoms with Crippen LogP contribution in [-0.4, -0.2) is 48.6 Å². The molecule has 1 aliphatic heterocycles. The molecule has 0 saturated heterocycles. The molecule has 2 heterocycles. The minimum atomic E-state index is -3.21. The number of aliphatic hydroxyl groups is 1. The Morgan fingerprint density at radius 1 is 1.52 bits per heavy atom. The number of hydrazone groups is 1. The lowest BCUT2D eigenvalue weighted by molar-refractivity contribution is -0.389. The van der Waals surface area contributed by atoms with Crippen molar-refractivity contribution in [3.8, 4) is 0 Å². The largest absolute Gasteiger partial charge is 0.390 e. The van der Waals surface area contributed by atoms with Crippen LogP contribution in [0, 0.1) is 17.0 Å². The molecule has 11 heteroatoms. The molecular formula is C12H15F2N5O4. The Labute approximate surface area is 129 Å². The van der Waals surface area contributed by atoms with Crippen LogP contribution >= 0.6 is 0 Å². The van der Waals surface area contributed by atoms with Crippen molar-refractivity contribution in [3.63, 3.8) is 0 Å². The first-order chi connectivity index (χ1) is 10.6. The second-order valence-corrected chi connectivity index (χ2v) is 5.36. The highest BCUT2D eigenvalue weighted by Crippen LogP contribution is 2.33. The fourth-order valence-electron chi connectivity index (χ4n) is 2.39. The maximum absolute atomic E-state index is 13.1. The summed E-state index contributed by atoms with van der Waals surface area (Å²) in [6.07, 6.45) is -3.69. The van der Waals surface area contributed by atoms with Crippen molar-refractivity contribution < 1.29 is 23.6 Å². The molecule has 126 valence electrons. The number of aryl methyl sites for hydroxylation is 1. The summed E-state index contributed by atoms with van der Waals surface area (Å²) >= 11 is 0. The predicted molar refractivity (Wildman–Crippen MR) is 73.9 cm³/mol. The van der Waals surface area contributed by atoms with Crippen molar-refractivity contribution in [3.05, 3.63) is 21.9 Å². The summed E-state index contributed by atoms with van der Waals surface area (Å²) in [5.74, 6) is -1.40. The van der Waals surface area contributed by atoms with Gasteiger partial charge in [0, 0.05) is 12.1 Å². The van der Waals surface area contributed by atoms with Crippen LogP contribution in [-0.2, 0) is 4.79 Å². The minimum absolute atomic E-state index is 0.177. The van der Waals surface area contributed by atoms with Gasteiger partial charge in [0.15, 0.2) is 6.04 Å². The van der Waals surface area contributed by atoms with Crippen molar-refractivity contribution in [1.29, 1.82) is 0 Å². The lowest BCUT2D eigenvalue weighted by Gasteiger charge is -2.31. The number of amides is 1. The fourth-order valence-corrected chi connectivity index (χ4v) is 2.39. The van der Waals surface area contributed by atoms with E-state index in [-0.39, 0.29) is 5.71 Å². The summed E-state index contributed by atoms with van der Waals surface area (Å²) in [6, 6.07) is 0.00493. The van der Waals surface area contributed by atoms with E-state index in [1.165, 1.54) is 20.8 Å². The SMILES string of the molecule is CC1=NN(C(=O)[C@@H](C)n2nc([N+](=O)[O-])cc2C)[C@@](O)(C(F)F)C1. The zero-order valence-electron chi connectivity index (χ0n) is 12.6. The van der Waals surface area contributed by atoms with Gasteiger partial charge in [-0.3, -0.25) is 4.79 Å². The first-order valence-corrected chi connectivity index (χ1v) is 6.67. The first kappa shape index (κ1) is 16.9. The summed E-state index contributed by atoms with van der Waals surface area (Å²) in [5.41, 5.74) is -2.24. The Balaban J connectivity index is 2.34. The normalized spacial score (nSPS) is 22.4. The molecule has 23 heavy (non-hydrogen) atoms. The lowest BCUT2D eigenvalue weighted by atomic mass is 10.1. The van der Waals surface area contributed by atoms with Crippen LogP contribution in [0.15, 0.2) is 11.2 Å². The Hall–Kier alpha value is -2.43. The van der Waals surface area contributed by atoms with Gasteiger partial charge in [0.05, 0.1) is 16.9 Å². The molecule has 0 spiro atoms.